The van der Waals surface area contributed by atoms with E-state index in [0.717, 1.165) is 17.8 Å². The molecular weight excluding hydrogens is 279 g/mol. The van der Waals surface area contributed by atoms with Crippen LogP contribution >= 0.6 is 27.7 Å². The first-order chi connectivity index (χ1) is 6.36. The summed E-state index contributed by atoms with van der Waals surface area (Å²) in [7, 11) is 0. The zero-order chi connectivity index (χ0) is 10.9. The van der Waals surface area contributed by atoms with Crippen LogP contribution in [0.3, 0.4) is 0 Å². The van der Waals surface area contributed by atoms with Crippen molar-refractivity contribution in [1.29, 1.82) is 0 Å². The van der Waals surface area contributed by atoms with E-state index in [1.807, 2.05) is 0 Å². The molecule has 0 fully saturated rings. The second kappa shape index (κ2) is 4.02. The fraction of sp³-hybridized carbons (Fsp3) is 0.250. The first kappa shape index (κ1) is 11.7. The third-order valence-corrected chi connectivity index (χ3v) is 3.09. The number of alkyl halides is 3. The van der Waals surface area contributed by atoms with Crippen LogP contribution in [0.15, 0.2) is 21.5 Å². The first-order valence-corrected chi connectivity index (χ1v) is 5.58. The van der Waals surface area contributed by atoms with Crippen molar-refractivity contribution < 1.29 is 13.2 Å². The number of thioether (sulfide) groups is 1. The van der Waals surface area contributed by atoms with Gasteiger partial charge in [0.1, 0.15) is 0 Å². The van der Waals surface area contributed by atoms with E-state index in [9.17, 15) is 13.2 Å². The molecule has 1 aromatic rings. The van der Waals surface area contributed by atoms with Gasteiger partial charge in [-0.2, -0.15) is 13.2 Å². The lowest BCUT2D eigenvalue weighted by Gasteiger charge is -2.12. The number of hydrogen-bond donors (Lipinski definition) is 1. The highest BCUT2D eigenvalue weighted by atomic mass is 79.9. The van der Waals surface area contributed by atoms with E-state index in [2.05, 4.69) is 15.9 Å². The maximum Gasteiger partial charge on any atom is 0.417 e. The maximum absolute atomic E-state index is 12.5. The van der Waals surface area contributed by atoms with Crippen LogP contribution in [0.4, 0.5) is 18.9 Å². The Balaban J connectivity index is 3.35. The molecule has 14 heavy (non-hydrogen) atoms. The highest BCUT2D eigenvalue weighted by molar-refractivity contribution is 9.10. The molecule has 1 rings (SSSR count). The average Bonchev–Trinajstić information content (AvgIpc) is 2.07. The van der Waals surface area contributed by atoms with E-state index in [1.54, 1.807) is 6.26 Å². The molecule has 0 unspecified atom stereocenters. The van der Waals surface area contributed by atoms with E-state index < -0.39 is 11.7 Å². The lowest BCUT2D eigenvalue weighted by atomic mass is 10.2. The number of rotatable bonds is 1. The Kier molecular flexibility index (Phi) is 3.36. The van der Waals surface area contributed by atoms with Crippen LogP contribution < -0.4 is 5.73 Å². The number of anilines is 1. The van der Waals surface area contributed by atoms with E-state index in [-0.39, 0.29) is 10.6 Å². The predicted molar refractivity (Wildman–Crippen MR) is 55.3 cm³/mol. The summed E-state index contributed by atoms with van der Waals surface area (Å²) in [6, 6.07) is 2.32. The molecule has 0 aliphatic heterocycles. The first-order valence-electron chi connectivity index (χ1n) is 3.56. The molecular formula is C8H7BrF3NS. The Bertz CT molecular complexity index is 351. The fourth-order valence-electron chi connectivity index (χ4n) is 0.962. The summed E-state index contributed by atoms with van der Waals surface area (Å²) in [6.45, 7) is 0. The van der Waals surface area contributed by atoms with Gasteiger partial charge in [-0.05, 0) is 34.3 Å². The number of hydrogen-bond acceptors (Lipinski definition) is 2. The van der Waals surface area contributed by atoms with Gasteiger partial charge in [-0.3, -0.25) is 0 Å². The summed E-state index contributed by atoms with van der Waals surface area (Å²) in [5, 5.41) is 0. The van der Waals surface area contributed by atoms with Crippen LogP contribution in [0.1, 0.15) is 5.56 Å². The Morgan fingerprint density at radius 2 is 1.93 bits per heavy atom. The molecule has 0 spiro atoms. The molecule has 0 radical (unpaired) electrons. The summed E-state index contributed by atoms with van der Waals surface area (Å²) in [5.74, 6) is 0. The smallest absolute Gasteiger partial charge is 0.398 e. The minimum Gasteiger partial charge on any atom is -0.398 e. The number of nitrogens with two attached hydrogens (primary N) is 1. The molecule has 6 heteroatoms. The zero-order valence-corrected chi connectivity index (χ0v) is 9.55. The van der Waals surface area contributed by atoms with E-state index >= 15 is 0 Å². The van der Waals surface area contributed by atoms with Crippen LogP contribution in [0.25, 0.3) is 0 Å². The molecule has 0 aliphatic carbocycles. The molecule has 1 nitrogen and oxygen atoms in total. The average molecular weight is 286 g/mol. The van der Waals surface area contributed by atoms with Crippen molar-refractivity contribution in [2.75, 3.05) is 12.0 Å². The van der Waals surface area contributed by atoms with Gasteiger partial charge in [-0.15, -0.1) is 11.8 Å². The Hall–Kier alpha value is -0.360. The summed E-state index contributed by atoms with van der Waals surface area (Å²) in [6.07, 6.45) is -2.76. The molecule has 0 amide bonds. The quantitative estimate of drug-likeness (QED) is 0.628. The Morgan fingerprint density at radius 3 is 2.36 bits per heavy atom. The van der Waals surface area contributed by atoms with Crippen LogP contribution in [-0.4, -0.2) is 6.26 Å². The summed E-state index contributed by atoms with van der Waals surface area (Å²) < 4.78 is 37.9. The van der Waals surface area contributed by atoms with Crippen molar-refractivity contribution in [1.82, 2.24) is 0 Å². The molecule has 0 heterocycles. The van der Waals surface area contributed by atoms with Gasteiger partial charge in [0, 0.05) is 15.1 Å². The number of benzene rings is 1. The van der Waals surface area contributed by atoms with Crippen LogP contribution in [0, 0.1) is 0 Å². The van der Waals surface area contributed by atoms with Gasteiger partial charge < -0.3 is 5.73 Å². The third-order valence-electron chi connectivity index (χ3n) is 1.62. The molecule has 0 aromatic heterocycles. The molecule has 0 atom stereocenters. The lowest BCUT2D eigenvalue weighted by molar-refractivity contribution is -0.139. The highest BCUT2D eigenvalue weighted by Crippen LogP contribution is 2.39. The highest BCUT2D eigenvalue weighted by Gasteiger charge is 2.33. The second-order valence-electron chi connectivity index (χ2n) is 2.57. The summed E-state index contributed by atoms with van der Waals surface area (Å²) in [5.41, 5.74) is 4.79. The topological polar surface area (TPSA) is 26.0 Å². The van der Waals surface area contributed by atoms with Crippen molar-refractivity contribution in [3.8, 4) is 0 Å². The van der Waals surface area contributed by atoms with Crippen molar-refractivity contribution in [3.63, 3.8) is 0 Å². The van der Waals surface area contributed by atoms with E-state index in [1.165, 1.54) is 6.07 Å². The minimum absolute atomic E-state index is 0.0927. The van der Waals surface area contributed by atoms with Gasteiger partial charge in [0.05, 0.1) is 5.56 Å². The molecule has 0 saturated carbocycles. The molecule has 78 valence electrons. The van der Waals surface area contributed by atoms with Gasteiger partial charge >= 0.3 is 6.18 Å². The van der Waals surface area contributed by atoms with Crippen molar-refractivity contribution in [2.45, 2.75) is 11.1 Å². The zero-order valence-electron chi connectivity index (χ0n) is 7.15. The van der Waals surface area contributed by atoms with E-state index in [4.69, 9.17) is 5.73 Å². The largest absolute Gasteiger partial charge is 0.417 e. The van der Waals surface area contributed by atoms with Crippen molar-refractivity contribution in [2.24, 2.45) is 0 Å². The minimum atomic E-state index is -4.35. The molecule has 2 N–H and O–H groups in total. The normalized spacial score (nSPS) is 11.8. The standard InChI is InChI=1S/C8H7BrF3NS/c1-14-7-3-5(9)6(13)2-4(7)8(10,11)12/h2-3H,13H2,1H3. The van der Waals surface area contributed by atoms with Gasteiger partial charge in [0.25, 0.3) is 0 Å². The van der Waals surface area contributed by atoms with Gasteiger partial charge in [-0.1, -0.05) is 0 Å². The van der Waals surface area contributed by atoms with Crippen LogP contribution in [0.5, 0.6) is 0 Å². The Morgan fingerprint density at radius 1 is 1.36 bits per heavy atom. The lowest BCUT2D eigenvalue weighted by Crippen LogP contribution is -2.07. The predicted octanol–water partition coefficient (Wildman–Crippen LogP) is 3.77. The summed E-state index contributed by atoms with van der Waals surface area (Å²) in [4.78, 5) is 0.165. The third kappa shape index (κ3) is 2.36. The number of nitrogen functional groups attached to an aromatic ring is 1. The summed E-state index contributed by atoms with van der Waals surface area (Å²) >= 11 is 4.12. The fourth-order valence-corrected chi connectivity index (χ4v) is 2.09. The maximum atomic E-state index is 12.5. The van der Waals surface area contributed by atoms with Crippen LogP contribution in [0.2, 0.25) is 0 Å². The van der Waals surface area contributed by atoms with Crippen molar-refractivity contribution in [3.05, 3.63) is 22.2 Å². The van der Waals surface area contributed by atoms with E-state index in [0.29, 0.717) is 4.47 Å². The number of halogens is 4. The molecule has 0 bridgehead atoms. The molecule has 0 aliphatic rings. The SMILES string of the molecule is CSc1cc(Br)c(N)cc1C(F)(F)F. The Labute approximate surface area is 92.0 Å². The monoisotopic (exact) mass is 285 g/mol. The van der Waals surface area contributed by atoms with Gasteiger partial charge in [0.15, 0.2) is 0 Å². The van der Waals surface area contributed by atoms with Gasteiger partial charge in [-0.25, -0.2) is 0 Å². The molecule has 0 saturated heterocycles. The van der Waals surface area contributed by atoms with Crippen molar-refractivity contribution >= 4 is 33.4 Å². The second-order valence-corrected chi connectivity index (χ2v) is 4.27. The van der Waals surface area contributed by atoms with Crippen LogP contribution in [-0.2, 0) is 6.18 Å². The molecule has 1 aromatic carbocycles. The van der Waals surface area contributed by atoms with Gasteiger partial charge in [0.2, 0.25) is 0 Å².